The van der Waals surface area contributed by atoms with Crippen LogP contribution in [0.3, 0.4) is 0 Å². The number of aliphatic hydroxyl groups is 1. The summed E-state index contributed by atoms with van der Waals surface area (Å²) in [6.07, 6.45) is -3.70. The van der Waals surface area contributed by atoms with Crippen molar-refractivity contribution in [3.8, 4) is 0 Å². The van der Waals surface area contributed by atoms with Crippen LogP contribution < -0.4 is 5.32 Å². The molecule has 2 N–H and O–H groups in total. The first kappa shape index (κ1) is 10.6. The van der Waals surface area contributed by atoms with E-state index in [0.29, 0.717) is 24.2 Å². The number of anilines is 1. The largest absolute Gasteiger partial charge is 0.445 e. The van der Waals surface area contributed by atoms with Crippen LogP contribution >= 0.6 is 11.3 Å². The zero-order valence-electron chi connectivity index (χ0n) is 7.45. The van der Waals surface area contributed by atoms with Gasteiger partial charge in [-0.2, -0.15) is 13.2 Å². The molecule has 0 saturated heterocycles. The van der Waals surface area contributed by atoms with E-state index in [4.69, 9.17) is 5.11 Å². The van der Waals surface area contributed by atoms with Crippen molar-refractivity contribution in [1.82, 2.24) is 10.2 Å². The second kappa shape index (κ2) is 3.60. The lowest BCUT2D eigenvalue weighted by Gasteiger charge is -2.31. The molecule has 0 aliphatic heterocycles. The van der Waals surface area contributed by atoms with Gasteiger partial charge in [-0.25, -0.2) is 0 Å². The second-order valence-corrected chi connectivity index (χ2v) is 4.35. The number of nitrogens with one attached hydrogen (secondary N) is 1. The summed E-state index contributed by atoms with van der Waals surface area (Å²) in [6.45, 7) is 0. The van der Waals surface area contributed by atoms with Crippen molar-refractivity contribution in [3.63, 3.8) is 0 Å². The number of aliphatic hydroxyl groups excluding tert-OH is 1. The van der Waals surface area contributed by atoms with Gasteiger partial charge >= 0.3 is 6.18 Å². The van der Waals surface area contributed by atoms with Gasteiger partial charge in [0, 0.05) is 6.04 Å². The molecule has 1 fully saturated rings. The van der Waals surface area contributed by atoms with Gasteiger partial charge in [-0.3, -0.25) is 0 Å². The van der Waals surface area contributed by atoms with Gasteiger partial charge < -0.3 is 10.4 Å². The molecule has 8 heteroatoms. The molecule has 84 valence electrons. The smallest absolute Gasteiger partial charge is 0.393 e. The van der Waals surface area contributed by atoms with Crippen molar-refractivity contribution >= 4 is 16.5 Å². The Morgan fingerprint density at radius 3 is 2.47 bits per heavy atom. The van der Waals surface area contributed by atoms with Crippen molar-refractivity contribution in [2.75, 3.05) is 5.32 Å². The third-order valence-corrected chi connectivity index (χ3v) is 3.01. The molecule has 4 nitrogen and oxygen atoms in total. The Kier molecular flexibility index (Phi) is 2.55. The predicted octanol–water partition coefficient (Wildman–Crippen LogP) is 1.49. The van der Waals surface area contributed by atoms with Gasteiger partial charge in [0.15, 0.2) is 0 Å². The summed E-state index contributed by atoms with van der Waals surface area (Å²) in [5.41, 5.74) is 0. The Morgan fingerprint density at radius 2 is 2.00 bits per heavy atom. The Labute approximate surface area is 87.1 Å². The summed E-state index contributed by atoms with van der Waals surface area (Å²) < 4.78 is 36.4. The number of hydrogen-bond donors (Lipinski definition) is 2. The summed E-state index contributed by atoms with van der Waals surface area (Å²) in [7, 11) is 0. The SMILES string of the molecule is OC1CC(Nc2nnc(C(F)(F)F)s2)C1. The van der Waals surface area contributed by atoms with Crippen LogP contribution in [0.2, 0.25) is 0 Å². The minimum Gasteiger partial charge on any atom is -0.393 e. The van der Waals surface area contributed by atoms with Crippen LogP contribution in [-0.4, -0.2) is 27.4 Å². The van der Waals surface area contributed by atoms with E-state index in [1.807, 2.05) is 0 Å². The molecule has 0 aromatic carbocycles. The van der Waals surface area contributed by atoms with E-state index in [9.17, 15) is 13.2 Å². The monoisotopic (exact) mass is 239 g/mol. The number of nitrogens with zero attached hydrogens (tertiary/aromatic N) is 2. The van der Waals surface area contributed by atoms with Crippen LogP contribution in [0.4, 0.5) is 18.3 Å². The molecule has 1 aromatic heterocycles. The molecular formula is C7H8F3N3OS. The molecule has 2 rings (SSSR count). The van der Waals surface area contributed by atoms with E-state index >= 15 is 0 Å². The van der Waals surface area contributed by atoms with E-state index in [2.05, 4.69) is 15.5 Å². The van der Waals surface area contributed by atoms with Crippen molar-refractivity contribution in [2.24, 2.45) is 0 Å². The minimum atomic E-state index is -4.43. The quantitative estimate of drug-likeness (QED) is 0.821. The molecule has 0 unspecified atom stereocenters. The minimum absolute atomic E-state index is 0.00836. The lowest BCUT2D eigenvalue weighted by atomic mass is 9.90. The molecule has 15 heavy (non-hydrogen) atoms. The molecule has 0 bridgehead atoms. The summed E-state index contributed by atoms with van der Waals surface area (Å²) >= 11 is 0.479. The van der Waals surface area contributed by atoms with E-state index < -0.39 is 11.2 Å². The van der Waals surface area contributed by atoms with Crippen molar-refractivity contribution in [2.45, 2.75) is 31.2 Å². The highest BCUT2D eigenvalue weighted by atomic mass is 32.1. The number of alkyl halides is 3. The maximum absolute atomic E-state index is 12.1. The fraction of sp³-hybridized carbons (Fsp3) is 0.714. The van der Waals surface area contributed by atoms with Gasteiger partial charge in [-0.05, 0) is 12.8 Å². The molecule has 1 aliphatic rings. The summed E-state index contributed by atoms with van der Waals surface area (Å²) in [4.78, 5) is 0. The third-order valence-electron chi connectivity index (χ3n) is 2.11. The highest BCUT2D eigenvalue weighted by Crippen LogP contribution is 2.34. The average Bonchev–Trinajstić information content (AvgIpc) is 2.49. The van der Waals surface area contributed by atoms with Crippen molar-refractivity contribution in [1.29, 1.82) is 0 Å². The molecule has 1 aliphatic carbocycles. The summed E-state index contributed by atoms with van der Waals surface area (Å²) in [6, 6.07) is 0.00836. The highest BCUT2D eigenvalue weighted by Gasteiger charge is 2.36. The third kappa shape index (κ3) is 2.37. The molecule has 0 amide bonds. The van der Waals surface area contributed by atoms with E-state index in [0.717, 1.165) is 0 Å². The molecule has 1 heterocycles. The van der Waals surface area contributed by atoms with E-state index in [1.54, 1.807) is 0 Å². The number of aromatic nitrogens is 2. The van der Waals surface area contributed by atoms with Crippen LogP contribution in [0.5, 0.6) is 0 Å². The average molecular weight is 239 g/mol. The van der Waals surface area contributed by atoms with Crippen LogP contribution in [0.1, 0.15) is 17.8 Å². The van der Waals surface area contributed by atoms with E-state index in [-0.39, 0.29) is 17.3 Å². The molecule has 0 radical (unpaired) electrons. The van der Waals surface area contributed by atoms with E-state index in [1.165, 1.54) is 0 Å². The summed E-state index contributed by atoms with van der Waals surface area (Å²) in [5.74, 6) is 0. The Morgan fingerprint density at radius 1 is 1.33 bits per heavy atom. The Hall–Kier alpha value is -0.890. The van der Waals surface area contributed by atoms with Crippen molar-refractivity contribution in [3.05, 3.63) is 5.01 Å². The lowest BCUT2D eigenvalue weighted by Crippen LogP contribution is -2.38. The second-order valence-electron chi connectivity index (χ2n) is 3.38. The van der Waals surface area contributed by atoms with Crippen LogP contribution in [0.25, 0.3) is 0 Å². The standard InChI is InChI=1S/C7H8F3N3OS/c8-7(9,10)5-12-13-6(15-5)11-3-1-4(14)2-3/h3-4,14H,1-2H2,(H,11,13). The summed E-state index contributed by atoms with van der Waals surface area (Å²) in [5, 5.41) is 17.4. The lowest BCUT2D eigenvalue weighted by molar-refractivity contribution is -0.138. The Balaban J connectivity index is 1.96. The normalized spacial score (nSPS) is 26.1. The van der Waals surface area contributed by atoms with Gasteiger partial charge in [0.25, 0.3) is 0 Å². The first-order chi connectivity index (χ1) is 6.95. The number of hydrogen-bond acceptors (Lipinski definition) is 5. The van der Waals surface area contributed by atoms with Gasteiger partial charge in [0.2, 0.25) is 10.1 Å². The first-order valence-corrected chi connectivity index (χ1v) is 5.12. The molecule has 0 spiro atoms. The molecule has 0 atom stereocenters. The van der Waals surface area contributed by atoms with Gasteiger partial charge in [-0.1, -0.05) is 11.3 Å². The maximum atomic E-state index is 12.1. The fourth-order valence-corrected chi connectivity index (χ4v) is 1.96. The topological polar surface area (TPSA) is 58.0 Å². The number of rotatable bonds is 2. The molecule has 1 aromatic rings. The highest BCUT2D eigenvalue weighted by molar-refractivity contribution is 7.15. The van der Waals surface area contributed by atoms with Crippen LogP contribution in [0.15, 0.2) is 0 Å². The maximum Gasteiger partial charge on any atom is 0.445 e. The zero-order chi connectivity index (χ0) is 11.1. The fourth-order valence-electron chi connectivity index (χ4n) is 1.28. The van der Waals surface area contributed by atoms with Gasteiger partial charge in [0.05, 0.1) is 6.10 Å². The van der Waals surface area contributed by atoms with Gasteiger partial charge in [0.1, 0.15) is 0 Å². The van der Waals surface area contributed by atoms with Crippen molar-refractivity contribution < 1.29 is 18.3 Å². The molecule has 1 saturated carbocycles. The zero-order valence-corrected chi connectivity index (χ0v) is 8.27. The predicted molar refractivity (Wildman–Crippen MR) is 47.6 cm³/mol. The van der Waals surface area contributed by atoms with Crippen LogP contribution in [-0.2, 0) is 6.18 Å². The molecular weight excluding hydrogens is 231 g/mol. The Bertz CT molecular complexity index is 347. The number of halogens is 3. The van der Waals surface area contributed by atoms with Crippen LogP contribution in [0, 0.1) is 0 Å². The first-order valence-electron chi connectivity index (χ1n) is 4.30. The van der Waals surface area contributed by atoms with Gasteiger partial charge in [-0.15, -0.1) is 10.2 Å².